The molecule has 3 rings (SSSR count). The predicted octanol–water partition coefficient (Wildman–Crippen LogP) is 2.82. The van der Waals surface area contributed by atoms with Crippen LogP contribution in [0.2, 0.25) is 0 Å². The monoisotopic (exact) mass is 299 g/mol. The molecule has 3 aromatic rings. The molecule has 0 atom stereocenters. The van der Waals surface area contributed by atoms with E-state index in [0.717, 1.165) is 11.1 Å². The van der Waals surface area contributed by atoms with E-state index in [9.17, 15) is 4.39 Å². The number of benzene rings is 2. The van der Waals surface area contributed by atoms with Gasteiger partial charge in [-0.1, -0.05) is 24.3 Å². The van der Waals surface area contributed by atoms with Crippen LogP contribution in [0.5, 0.6) is 11.6 Å². The number of halogens is 1. The van der Waals surface area contributed by atoms with E-state index >= 15 is 0 Å². The fourth-order valence-electron chi connectivity index (χ4n) is 1.74. The molecule has 0 aliphatic heterocycles. The van der Waals surface area contributed by atoms with Crippen LogP contribution in [0.4, 0.5) is 4.39 Å². The summed E-state index contributed by atoms with van der Waals surface area (Å²) in [6.45, 7) is 0. The molecule has 0 aliphatic rings. The van der Waals surface area contributed by atoms with E-state index in [-0.39, 0.29) is 12.0 Å². The standard InChI is InChI=1S/C14H10FN3O.CO2/c15-12-3-1-2-11(8-12)10-4-6-13(7-5-10)19-14-9-16-18-17-14;2-1-3/h1-9H,(H,16,17,18);. The van der Waals surface area contributed by atoms with Crippen molar-refractivity contribution in [3.8, 4) is 22.8 Å². The molecule has 0 aliphatic carbocycles. The molecule has 0 fully saturated rings. The van der Waals surface area contributed by atoms with Gasteiger partial charge in [-0.15, -0.1) is 5.10 Å². The van der Waals surface area contributed by atoms with E-state index in [2.05, 4.69) is 15.4 Å². The van der Waals surface area contributed by atoms with Crippen LogP contribution in [0.1, 0.15) is 0 Å². The van der Waals surface area contributed by atoms with Crippen molar-refractivity contribution in [2.45, 2.75) is 0 Å². The third-order valence-corrected chi connectivity index (χ3v) is 2.63. The summed E-state index contributed by atoms with van der Waals surface area (Å²) in [7, 11) is 0. The molecule has 2 aromatic carbocycles. The van der Waals surface area contributed by atoms with Crippen LogP contribution in [0.15, 0.2) is 54.7 Å². The van der Waals surface area contributed by atoms with Crippen LogP contribution < -0.4 is 4.74 Å². The number of H-pyrrole nitrogens is 1. The van der Waals surface area contributed by atoms with Gasteiger partial charge in [-0.25, -0.2) is 4.39 Å². The second kappa shape index (κ2) is 7.47. The fraction of sp³-hybridized carbons (Fsp3) is 0. The molecule has 7 heteroatoms. The smallest absolute Gasteiger partial charge is 0.373 e. The van der Waals surface area contributed by atoms with E-state index in [4.69, 9.17) is 14.3 Å². The Morgan fingerprint density at radius 1 is 1.05 bits per heavy atom. The van der Waals surface area contributed by atoms with Crippen molar-refractivity contribution in [1.82, 2.24) is 15.4 Å². The van der Waals surface area contributed by atoms with E-state index < -0.39 is 0 Å². The lowest BCUT2D eigenvalue weighted by Gasteiger charge is -2.04. The second-order valence-electron chi connectivity index (χ2n) is 4.03. The lowest BCUT2D eigenvalue weighted by atomic mass is 10.1. The van der Waals surface area contributed by atoms with Crippen LogP contribution in [-0.4, -0.2) is 21.6 Å². The maximum absolute atomic E-state index is 13.1. The predicted molar refractivity (Wildman–Crippen MR) is 73.3 cm³/mol. The Bertz CT molecular complexity index is 752. The molecular formula is C15H10FN3O3. The molecule has 1 heterocycles. The van der Waals surface area contributed by atoms with Crippen molar-refractivity contribution >= 4 is 6.15 Å². The van der Waals surface area contributed by atoms with Gasteiger partial charge >= 0.3 is 6.15 Å². The summed E-state index contributed by atoms with van der Waals surface area (Å²) in [6.07, 6.45) is 1.74. The Hall–Kier alpha value is -3.31. The third-order valence-electron chi connectivity index (χ3n) is 2.63. The van der Waals surface area contributed by atoms with E-state index in [1.54, 1.807) is 18.2 Å². The van der Waals surface area contributed by atoms with Crippen LogP contribution in [-0.2, 0) is 9.59 Å². The molecular weight excluding hydrogens is 289 g/mol. The highest BCUT2D eigenvalue weighted by Crippen LogP contribution is 2.24. The van der Waals surface area contributed by atoms with Gasteiger partial charge in [-0.2, -0.15) is 19.9 Å². The topological polar surface area (TPSA) is 84.9 Å². The molecule has 0 saturated carbocycles. The number of ether oxygens (including phenoxy) is 1. The first kappa shape index (κ1) is 15.1. The van der Waals surface area contributed by atoms with Crippen molar-refractivity contribution in [3.05, 3.63) is 60.5 Å². The molecule has 1 N–H and O–H groups in total. The average molecular weight is 299 g/mol. The minimum atomic E-state index is -0.250. The van der Waals surface area contributed by atoms with Crippen LogP contribution in [0, 0.1) is 5.82 Å². The van der Waals surface area contributed by atoms with Gasteiger partial charge in [0.25, 0.3) is 5.88 Å². The number of carbonyl (C=O) groups excluding carboxylic acids is 2. The van der Waals surface area contributed by atoms with Crippen molar-refractivity contribution in [3.63, 3.8) is 0 Å². The molecule has 1 aromatic heterocycles. The van der Waals surface area contributed by atoms with E-state index in [1.165, 1.54) is 18.3 Å². The second-order valence-corrected chi connectivity index (χ2v) is 4.03. The molecule has 6 nitrogen and oxygen atoms in total. The Labute approximate surface area is 124 Å². The summed E-state index contributed by atoms with van der Waals surface area (Å²) in [5.41, 5.74) is 1.75. The van der Waals surface area contributed by atoms with Gasteiger partial charge < -0.3 is 4.74 Å². The van der Waals surface area contributed by atoms with Gasteiger partial charge in [0.1, 0.15) is 17.8 Å². The highest BCUT2D eigenvalue weighted by atomic mass is 19.1. The summed E-state index contributed by atoms with van der Waals surface area (Å²) in [4.78, 5) is 16.2. The number of rotatable bonds is 3. The van der Waals surface area contributed by atoms with Crippen molar-refractivity contribution in [2.24, 2.45) is 0 Å². The molecule has 0 saturated heterocycles. The minimum absolute atomic E-state index is 0.250. The number of nitrogens with zero attached hydrogens (tertiary/aromatic N) is 2. The van der Waals surface area contributed by atoms with Gasteiger partial charge in [0.2, 0.25) is 0 Å². The van der Waals surface area contributed by atoms with E-state index in [1.807, 2.05) is 18.2 Å². The number of aromatic nitrogens is 3. The zero-order valence-corrected chi connectivity index (χ0v) is 11.2. The number of aromatic amines is 1. The molecule has 0 amide bonds. The van der Waals surface area contributed by atoms with Crippen molar-refractivity contribution in [2.75, 3.05) is 0 Å². The van der Waals surface area contributed by atoms with Gasteiger partial charge in [0.15, 0.2) is 0 Å². The van der Waals surface area contributed by atoms with Crippen molar-refractivity contribution in [1.29, 1.82) is 0 Å². The summed E-state index contributed by atoms with van der Waals surface area (Å²) in [5.74, 6) is 0.799. The minimum Gasteiger partial charge on any atom is -0.436 e. The molecule has 0 bridgehead atoms. The zero-order chi connectivity index (χ0) is 15.8. The van der Waals surface area contributed by atoms with Crippen LogP contribution >= 0.6 is 0 Å². The van der Waals surface area contributed by atoms with Crippen molar-refractivity contribution < 1.29 is 18.7 Å². The third kappa shape index (κ3) is 4.09. The normalized spacial score (nSPS) is 9.32. The maximum atomic E-state index is 13.1. The van der Waals surface area contributed by atoms with Crippen LogP contribution in [0.25, 0.3) is 11.1 Å². The molecule has 0 unspecified atom stereocenters. The summed E-state index contributed by atoms with van der Waals surface area (Å²) < 4.78 is 18.6. The van der Waals surface area contributed by atoms with Gasteiger partial charge in [-0.05, 0) is 35.4 Å². The molecule has 0 spiro atoms. The molecule has 110 valence electrons. The first-order valence-electron chi connectivity index (χ1n) is 6.12. The quantitative estimate of drug-likeness (QED) is 0.803. The Balaban J connectivity index is 0.000000545. The fourth-order valence-corrected chi connectivity index (χ4v) is 1.74. The highest BCUT2D eigenvalue weighted by molar-refractivity contribution is 5.64. The van der Waals surface area contributed by atoms with Gasteiger partial charge in [0.05, 0.1) is 0 Å². The lowest BCUT2D eigenvalue weighted by Crippen LogP contribution is -1.85. The Kier molecular flexibility index (Phi) is 5.12. The van der Waals surface area contributed by atoms with Gasteiger partial charge in [-0.3, -0.25) is 0 Å². The first-order valence-corrected chi connectivity index (χ1v) is 6.12. The largest absolute Gasteiger partial charge is 0.436 e. The highest BCUT2D eigenvalue weighted by Gasteiger charge is 2.02. The lowest BCUT2D eigenvalue weighted by molar-refractivity contribution is -0.191. The van der Waals surface area contributed by atoms with Crippen LogP contribution in [0.3, 0.4) is 0 Å². The summed E-state index contributed by atoms with van der Waals surface area (Å²) in [6, 6.07) is 13.8. The number of hydrogen-bond acceptors (Lipinski definition) is 5. The Morgan fingerprint density at radius 3 is 2.36 bits per heavy atom. The average Bonchev–Trinajstić information content (AvgIpc) is 3.02. The van der Waals surface area contributed by atoms with Gasteiger partial charge in [0, 0.05) is 0 Å². The van der Waals surface area contributed by atoms with E-state index in [0.29, 0.717) is 11.6 Å². The maximum Gasteiger partial charge on any atom is 0.373 e. The zero-order valence-electron chi connectivity index (χ0n) is 11.2. The Morgan fingerprint density at radius 2 is 1.77 bits per heavy atom. The SMILES string of the molecule is Fc1cccc(-c2ccc(Oc3cn[nH]n3)cc2)c1.O=C=O. The first-order chi connectivity index (χ1) is 10.7. The summed E-state index contributed by atoms with van der Waals surface area (Å²) >= 11 is 0. The summed E-state index contributed by atoms with van der Waals surface area (Å²) in [5, 5.41) is 9.91. The number of nitrogens with one attached hydrogen (secondary N) is 1. The molecule has 0 radical (unpaired) electrons. The molecule has 22 heavy (non-hydrogen) atoms. The number of hydrogen-bond donors (Lipinski definition) is 1.